The molecular weight excluding hydrogens is 260 g/mol. The normalized spacial score (nSPS) is 12.8. The molecule has 0 bridgehead atoms. The predicted octanol–water partition coefficient (Wildman–Crippen LogP) is 1.07. The topological polar surface area (TPSA) is 96.3 Å². The summed E-state index contributed by atoms with van der Waals surface area (Å²) in [4.78, 5) is 26.7. The summed E-state index contributed by atoms with van der Waals surface area (Å²) in [7, 11) is 0. The van der Waals surface area contributed by atoms with Crippen molar-refractivity contribution in [2.45, 2.75) is 39.8 Å². The molecule has 112 valence electrons. The molecule has 0 unspecified atom stereocenters. The average molecular weight is 282 g/mol. The first-order valence-corrected chi connectivity index (χ1v) is 6.53. The number of aliphatic carboxylic acids is 1. The number of carbonyl (C=O) groups is 2. The van der Waals surface area contributed by atoms with Crippen LogP contribution >= 0.6 is 0 Å². The van der Waals surface area contributed by atoms with Gasteiger partial charge in [-0.15, -0.1) is 0 Å². The van der Waals surface area contributed by atoms with Gasteiger partial charge in [-0.25, -0.2) is 14.6 Å². The molecule has 1 aromatic heterocycles. The quantitative estimate of drug-likeness (QED) is 0.680. The molecule has 0 radical (unpaired) electrons. The van der Waals surface area contributed by atoms with Crippen molar-refractivity contribution < 1.29 is 14.7 Å². The van der Waals surface area contributed by atoms with Crippen LogP contribution in [0.3, 0.4) is 0 Å². The number of imidazole rings is 1. The first-order valence-electron chi connectivity index (χ1n) is 6.53. The highest BCUT2D eigenvalue weighted by molar-refractivity contribution is 5.83. The highest BCUT2D eigenvalue weighted by Crippen LogP contribution is 2.19. The molecule has 2 amide bonds. The van der Waals surface area contributed by atoms with Crippen LogP contribution in [0.15, 0.2) is 18.7 Å². The van der Waals surface area contributed by atoms with Gasteiger partial charge in [-0.1, -0.05) is 20.8 Å². The third-order valence-electron chi connectivity index (χ3n) is 2.83. The molecule has 0 saturated heterocycles. The van der Waals surface area contributed by atoms with Crippen LogP contribution in [0.5, 0.6) is 0 Å². The van der Waals surface area contributed by atoms with Gasteiger partial charge in [0.2, 0.25) is 0 Å². The van der Waals surface area contributed by atoms with Gasteiger partial charge >= 0.3 is 12.0 Å². The van der Waals surface area contributed by atoms with E-state index < -0.39 is 23.5 Å². The van der Waals surface area contributed by atoms with Crippen molar-refractivity contribution in [1.29, 1.82) is 0 Å². The number of hydrogen-bond acceptors (Lipinski definition) is 3. The van der Waals surface area contributed by atoms with Crippen LogP contribution in [-0.4, -0.2) is 39.2 Å². The molecule has 20 heavy (non-hydrogen) atoms. The second kappa shape index (κ2) is 6.93. The minimum atomic E-state index is -1.04. The zero-order valence-corrected chi connectivity index (χ0v) is 12.1. The highest BCUT2D eigenvalue weighted by Gasteiger charge is 2.32. The zero-order chi connectivity index (χ0) is 15.2. The number of hydrogen-bond donors (Lipinski definition) is 3. The smallest absolute Gasteiger partial charge is 0.326 e. The first kappa shape index (κ1) is 16.0. The molecule has 0 aliphatic carbocycles. The lowest BCUT2D eigenvalue weighted by atomic mass is 9.87. The van der Waals surface area contributed by atoms with E-state index in [9.17, 15) is 9.59 Å². The monoisotopic (exact) mass is 282 g/mol. The summed E-state index contributed by atoms with van der Waals surface area (Å²) in [5.41, 5.74) is -0.542. The van der Waals surface area contributed by atoms with E-state index in [1.54, 1.807) is 33.3 Å². The minimum Gasteiger partial charge on any atom is -0.480 e. The summed E-state index contributed by atoms with van der Waals surface area (Å²) in [6.45, 7) is 6.53. The fourth-order valence-electron chi connectivity index (χ4n) is 1.71. The number of carbonyl (C=O) groups excluding carboxylic acids is 1. The number of aryl methyl sites for hydroxylation is 1. The van der Waals surface area contributed by atoms with Crippen molar-refractivity contribution in [1.82, 2.24) is 20.2 Å². The van der Waals surface area contributed by atoms with Gasteiger partial charge in [-0.05, 0) is 11.8 Å². The largest absolute Gasteiger partial charge is 0.480 e. The molecule has 0 aliphatic rings. The summed E-state index contributed by atoms with van der Waals surface area (Å²) < 4.78 is 1.91. The van der Waals surface area contributed by atoms with Gasteiger partial charge in [-0.2, -0.15) is 0 Å². The maximum absolute atomic E-state index is 11.7. The summed E-state index contributed by atoms with van der Waals surface area (Å²) in [6.07, 6.45) is 6.00. The van der Waals surface area contributed by atoms with Gasteiger partial charge in [0.15, 0.2) is 0 Å². The van der Waals surface area contributed by atoms with Crippen molar-refractivity contribution >= 4 is 12.0 Å². The van der Waals surface area contributed by atoms with Gasteiger partial charge in [0.25, 0.3) is 0 Å². The van der Waals surface area contributed by atoms with Crippen LogP contribution < -0.4 is 10.6 Å². The summed E-state index contributed by atoms with van der Waals surface area (Å²) >= 11 is 0. The van der Waals surface area contributed by atoms with Crippen LogP contribution in [0.1, 0.15) is 27.2 Å². The number of amides is 2. The van der Waals surface area contributed by atoms with Crippen LogP contribution in [0, 0.1) is 5.41 Å². The molecule has 0 aliphatic heterocycles. The Labute approximate surface area is 118 Å². The predicted molar refractivity (Wildman–Crippen MR) is 74.3 cm³/mol. The molecule has 0 saturated carbocycles. The van der Waals surface area contributed by atoms with E-state index in [2.05, 4.69) is 15.6 Å². The SMILES string of the molecule is CC(C)(C)[C@H](NC(=O)NCCCn1ccnc1)C(=O)O. The number of carboxylic acids is 1. The van der Waals surface area contributed by atoms with E-state index in [0.29, 0.717) is 6.54 Å². The van der Waals surface area contributed by atoms with E-state index in [-0.39, 0.29) is 0 Å². The summed E-state index contributed by atoms with van der Waals surface area (Å²) in [5.74, 6) is -1.04. The number of nitrogens with one attached hydrogen (secondary N) is 2. The van der Waals surface area contributed by atoms with Crippen LogP contribution in [0.4, 0.5) is 4.79 Å². The van der Waals surface area contributed by atoms with Crippen LogP contribution in [0.2, 0.25) is 0 Å². The number of urea groups is 1. The van der Waals surface area contributed by atoms with E-state index in [4.69, 9.17) is 5.11 Å². The number of aromatic nitrogens is 2. The van der Waals surface area contributed by atoms with E-state index in [0.717, 1.165) is 13.0 Å². The van der Waals surface area contributed by atoms with Gasteiger partial charge < -0.3 is 20.3 Å². The number of rotatable bonds is 6. The van der Waals surface area contributed by atoms with Crippen molar-refractivity contribution in [2.24, 2.45) is 5.41 Å². The maximum Gasteiger partial charge on any atom is 0.326 e. The minimum absolute atomic E-state index is 0.460. The lowest BCUT2D eigenvalue weighted by Gasteiger charge is -2.27. The van der Waals surface area contributed by atoms with Crippen molar-refractivity contribution in [3.63, 3.8) is 0 Å². The molecule has 7 nitrogen and oxygen atoms in total. The van der Waals surface area contributed by atoms with E-state index in [1.807, 2.05) is 10.8 Å². The van der Waals surface area contributed by atoms with Crippen LogP contribution in [-0.2, 0) is 11.3 Å². The Morgan fingerprint density at radius 1 is 1.40 bits per heavy atom. The third kappa shape index (κ3) is 5.29. The molecular formula is C13H22N4O3. The second-order valence-corrected chi connectivity index (χ2v) is 5.69. The first-order chi connectivity index (χ1) is 9.30. The zero-order valence-electron chi connectivity index (χ0n) is 12.1. The molecule has 7 heteroatoms. The molecule has 1 atom stereocenters. The average Bonchev–Trinajstić information content (AvgIpc) is 2.83. The number of carboxylic acid groups (broad SMARTS) is 1. The van der Waals surface area contributed by atoms with Crippen molar-refractivity contribution in [3.05, 3.63) is 18.7 Å². The fourth-order valence-corrected chi connectivity index (χ4v) is 1.71. The third-order valence-corrected chi connectivity index (χ3v) is 2.83. The summed E-state index contributed by atoms with van der Waals surface area (Å²) in [5, 5.41) is 14.2. The van der Waals surface area contributed by atoms with Crippen molar-refractivity contribution in [2.75, 3.05) is 6.54 Å². The highest BCUT2D eigenvalue weighted by atomic mass is 16.4. The van der Waals surface area contributed by atoms with Gasteiger partial charge in [0.1, 0.15) is 6.04 Å². The Balaban J connectivity index is 2.30. The Hall–Kier alpha value is -2.05. The van der Waals surface area contributed by atoms with E-state index in [1.165, 1.54) is 0 Å². The second-order valence-electron chi connectivity index (χ2n) is 5.69. The molecule has 0 spiro atoms. The van der Waals surface area contributed by atoms with Gasteiger partial charge in [-0.3, -0.25) is 0 Å². The molecule has 1 aromatic rings. The fraction of sp³-hybridized carbons (Fsp3) is 0.615. The molecule has 3 N–H and O–H groups in total. The van der Waals surface area contributed by atoms with Gasteiger partial charge in [0, 0.05) is 25.5 Å². The lowest BCUT2D eigenvalue weighted by molar-refractivity contribution is -0.141. The molecule has 1 heterocycles. The Kier molecular flexibility index (Phi) is 5.54. The van der Waals surface area contributed by atoms with Crippen LogP contribution in [0.25, 0.3) is 0 Å². The molecule has 0 fully saturated rings. The Morgan fingerprint density at radius 3 is 2.60 bits per heavy atom. The Bertz CT molecular complexity index is 437. The maximum atomic E-state index is 11.7. The van der Waals surface area contributed by atoms with Crippen molar-refractivity contribution in [3.8, 4) is 0 Å². The molecule has 0 aromatic carbocycles. The van der Waals surface area contributed by atoms with E-state index >= 15 is 0 Å². The Morgan fingerprint density at radius 2 is 2.10 bits per heavy atom. The number of nitrogens with zero attached hydrogens (tertiary/aromatic N) is 2. The summed E-state index contributed by atoms with van der Waals surface area (Å²) in [6, 6.07) is -1.38. The lowest BCUT2D eigenvalue weighted by Crippen LogP contribution is -2.52. The molecule has 1 rings (SSSR count). The van der Waals surface area contributed by atoms with Gasteiger partial charge in [0.05, 0.1) is 6.33 Å². The standard InChI is InChI=1S/C13H22N4O3/c1-13(2,3)10(11(18)19)16-12(20)15-5-4-7-17-8-6-14-9-17/h6,8-10H,4-5,7H2,1-3H3,(H,18,19)(H2,15,16,20)/t10-/m1/s1.